The summed E-state index contributed by atoms with van der Waals surface area (Å²) in [7, 11) is 1.65. The Bertz CT molecular complexity index is 1260. The number of carbonyl (C=O) groups excluding carboxylic acids is 2. The van der Waals surface area contributed by atoms with E-state index in [2.05, 4.69) is 36.7 Å². The Hall–Kier alpha value is -2.18. The van der Waals surface area contributed by atoms with Crippen molar-refractivity contribution in [1.29, 1.82) is 0 Å². The zero-order chi connectivity index (χ0) is 31.3. The molecule has 0 aliphatic carbocycles. The van der Waals surface area contributed by atoms with Crippen LogP contribution in [-0.4, -0.2) is 71.7 Å². The molecule has 9 atom stereocenters. The van der Waals surface area contributed by atoms with Crippen LogP contribution in [0, 0.1) is 17.3 Å². The van der Waals surface area contributed by atoms with Crippen LogP contribution in [-0.2, 0) is 38.0 Å². The minimum atomic E-state index is -1.20. The van der Waals surface area contributed by atoms with E-state index < -0.39 is 47.1 Å². The number of epoxide rings is 1. The molecule has 2 spiro atoms. The number of benzene rings is 1. The van der Waals surface area contributed by atoms with Gasteiger partial charge in [0.25, 0.3) is 0 Å². The summed E-state index contributed by atoms with van der Waals surface area (Å²) in [4.78, 5) is 26.1. The van der Waals surface area contributed by atoms with E-state index in [-0.39, 0.29) is 42.6 Å². The lowest BCUT2D eigenvalue weighted by Crippen LogP contribution is -2.64. The van der Waals surface area contributed by atoms with Crippen LogP contribution in [0.3, 0.4) is 0 Å². The first kappa shape index (κ1) is 32.2. The maximum Gasteiger partial charge on any atom is 0.334 e. The van der Waals surface area contributed by atoms with Gasteiger partial charge in [-0.05, 0) is 55.9 Å². The first-order chi connectivity index (χ1) is 20.2. The second kappa shape index (κ2) is 12.0. The number of aromatic hydroxyl groups is 1. The number of esters is 2. The number of halogens is 1. The number of aliphatic hydroxyl groups excluding tert-OH is 1. The van der Waals surface area contributed by atoms with Crippen molar-refractivity contribution < 1.29 is 48.2 Å². The third-order valence-electron chi connectivity index (χ3n) is 9.64. The molecule has 11 heteroatoms. The number of cyclic esters (lactones) is 1. The number of carbonyl (C=O) groups is 2. The van der Waals surface area contributed by atoms with Crippen molar-refractivity contribution in [3.05, 3.63) is 40.1 Å². The molecule has 4 aliphatic rings. The predicted molar refractivity (Wildman–Crippen MR) is 158 cm³/mol. The molecule has 1 aromatic rings. The number of phenols is 1. The summed E-state index contributed by atoms with van der Waals surface area (Å²) in [5, 5.41) is 20.3. The smallest absolute Gasteiger partial charge is 0.334 e. The van der Waals surface area contributed by atoms with Crippen LogP contribution in [0.4, 0.5) is 0 Å². The van der Waals surface area contributed by atoms with Crippen LogP contribution in [0.2, 0.25) is 0 Å². The highest BCUT2D eigenvalue weighted by Crippen LogP contribution is 2.60. The van der Waals surface area contributed by atoms with Gasteiger partial charge in [-0.3, -0.25) is 4.79 Å². The van der Waals surface area contributed by atoms with Crippen LogP contribution < -0.4 is 0 Å². The highest BCUT2D eigenvalue weighted by atomic mass is 79.9. The maximum atomic E-state index is 13.2. The number of fused-ring (bicyclic) bond motifs is 3. The van der Waals surface area contributed by atoms with Gasteiger partial charge in [-0.2, -0.15) is 0 Å². The minimum Gasteiger partial charge on any atom is -0.508 e. The third-order valence-corrected chi connectivity index (χ3v) is 10.4. The van der Waals surface area contributed by atoms with Gasteiger partial charge in [-0.1, -0.05) is 43.6 Å². The SMILES string of the molecule is CO[C@@H](CC[C@H](C)[C@H]1O[C@]23C[C@H](OC(=O)C[C@H]([C@@H](C)O)OC(=O)/C=C(\O2)[C@]2(CO2)CC3(C)C)[C@@H]1C)c1cc(O)ccc1Br. The van der Waals surface area contributed by atoms with Gasteiger partial charge in [0.2, 0.25) is 5.79 Å². The van der Waals surface area contributed by atoms with Gasteiger partial charge in [0.05, 0.1) is 43.8 Å². The summed E-state index contributed by atoms with van der Waals surface area (Å²) in [6, 6.07) is 5.12. The first-order valence-corrected chi connectivity index (χ1v) is 15.8. The number of ether oxygens (including phenoxy) is 6. The van der Waals surface area contributed by atoms with E-state index in [0.29, 0.717) is 31.6 Å². The summed E-state index contributed by atoms with van der Waals surface area (Å²) >= 11 is 3.57. The van der Waals surface area contributed by atoms with Crippen molar-refractivity contribution in [1.82, 2.24) is 0 Å². The molecule has 43 heavy (non-hydrogen) atoms. The van der Waals surface area contributed by atoms with Gasteiger partial charge in [-0.25, -0.2) is 4.79 Å². The summed E-state index contributed by atoms with van der Waals surface area (Å²) in [5.74, 6) is -2.19. The van der Waals surface area contributed by atoms with Crippen molar-refractivity contribution in [2.45, 2.75) is 109 Å². The Balaban J connectivity index is 1.46. The molecular weight excluding hydrogens is 624 g/mol. The Morgan fingerprint density at radius 1 is 1.16 bits per heavy atom. The summed E-state index contributed by atoms with van der Waals surface area (Å²) in [6.07, 6.45) is -0.158. The Kier molecular flexibility index (Phi) is 8.97. The Labute approximate surface area is 261 Å². The zero-order valence-corrected chi connectivity index (χ0v) is 27.2. The molecule has 0 unspecified atom stereocenters. The fourth-order valence-corrected chi connectivity index (χ4v) is 7.40. The highest BCUT2D eigenvalue weighted by molar-refractivity contribution is 9.10. The molecule has 0 aromatic heterocycles. The maximum absolute atomic E-state index is 13.2. The van der Waals surface area contributed by atoms with Crippen molar-refractivity contribution in [3.63, 3.8) is 0 Å². The number of rotatable bonds is 7. The Morgan fingerprint density at radius 3 is 2.53 bits per heavy atom. The lowest BCUT2D eigenvalue weighted by atomic mass is 9.67. The van der Waals surface area contributed by atoms with Gasteiger partial charge in [0, 0.05) is 22.9 Å². The highest BCUT2D eigenvalue weighted by Gasteiger charge is 2.68. The van der Waals surface area contributed by atoms with Crippen molar-refractivity contribution in [2.75, 3.05) is 13.7 Å². The number of methoxy groups -OCH3 is 1. The van der Waals surface area contributed by atoms with Crippen LogP contribution in [0.1, 0.15) is 78.4 Å². The van der Waals surface area contributed by atoms with Crippen molar-refractivity contribution in [3.8, 4) is 5.75 Å². The van der Waals surface area contributed by atoms with Gasteiger partial charge in [0.1, 0.15) is 29.3 Å². The van der Waals surface area contributed by atoms with Gasteiger partial charge < -0.3 is 38.6 Å². The second-order valence-electron chi connectivity index (χ2n) is 13.3. The lowest BCUT2D eigenvalue weighted by molar-refractivity contribution is -0.362. The summed E-state index contributed by atoms with van der Waals surface area (Å²) in [5.41, 5.74) is -0.467. The van der Waals surface area contributed by atoms with E-state index in [4.69, 9.17) is 28.4 Å². The molecule has 3 saturated heterocycles. The third kappa shape index (κ3) is 6.33. The van der Waals surface area contributed by atoms with Gasteiger partial charge >= 0.3 is 11.9 Å². The molecule has 5 rings (SSSR count). The average molecular weight is 668 g/mol. The summed E-state index contributed by atoms with van der Waals surface area (Å²) < 4.78 is 37.8. The molecule has 4 aliphatic heterocycles. The molecule has 10 nitrogen and oxygen atoms in total. The van der Waals surface area contributed by atoms with Gasteiger partial charge in [0.15, 0.2) is 0 Å². The normalized spacial score (nSPS) is 36.9. The number of hydrogen-bond donors (Lipinski definition) is 2. The second-order valence-corrected chi connectivity index (χ2v) is 14.1. The van der Waals surface area contributed by atoms with Crippen molar-refractivity contribution >= 4 is 27.9 Å². The minimum absolute atomic E-state index is 0.00918. The predicted octanol–water partition coefficient (Wildman–Crippen LogP) is 5.09. The molecule has 0 saturated carbocycles. The molecule has 2 N–H and O–H groups in total. The molecule has 238 valence electrons. The number of hydrogen-bond acceptors (Lipinski definition) is 10. The standard InChI is InChI=1S/C32H43BrO10/c1-17(7-10-23(38-6)21-11-20(35)8-9-22(21)33)29-18(2)25-14-32(43-29)30(4,5)15-31(16-39-31)26(42-32)13-28(37)40-24(19(3)34)12-27(36)41-25/h8-9,11,13,17-19,23-25,29,34-35H,7,10,12,14-16H2,1-6H3/b26-13-/t17-,18-,19+,23-,24+,25-,29+,31+,32-/m0/s1. The monoisotopic (exact) mass is 666 g/mol. The molecular formula is C32H43BrO10. The van der Waals surface area contributed by atoms with Crippen LogP contribution >= 0.6 is 15.9 Å². The van der Waals surface area contributed by atoms with E-state index in [9.17, 15) is 19.8 Å². The van der Waals surface area contributed by atoms with Gasteiger partial charge in [-0.15, -0.1) is 0 Å². The van der Waals surface area contributed by atoms with Crippen LogP contribution in [0.25, 0.3) is 0 Å². The van der Waals surface area contributed by atoms with Crippen molar-refractivity contribution in [2.24, 2.45) is 17.3 Å². The van der Waals surface area contributed by atoms with Crippen LogP contribution in [0.5, 0.6) is 5.75 Å². The number of phenolic OH excluding ortho intramolecular Hbond substituents is 1. The van der Waals surface area contributed by atoms with Crippen LogP contribution in [0.15, 0.2) is 34.5 Å². The molecule has 0 radical (unpaired) electrons. The quantitative estimate of drug-likeness (QED) is 0.300. The topological polar surface area (TPSA) is 133 Å². The fourth-order valence-electron chi connectivity index (χ4n) is 6.90. The number of aliphatic hydroxyl groups is 1. The molecule has 1 aromatic carbocycles. The van der Waals surface area contributed by atoms with E-state index >= 15 is 0 Å². The lowest BCUT2D eigenvalue weighted by Gasteiger charge is -2.58. The molecule has 3 fully saturated rings. The van der Waals surface area contributed by atoms with E-state index in [1.165, 1.54) is 13.0 Å². The molecule has 4 heterocycles. The average Bonchev–Trinajstić information content (AvgIpc) is 3.69. The van der Waals surface area contributed by atoms with E-state index in [0.717, 1.165) is 10.0 Å². The zero-order valence-electron chi connectivity index (χ0n) is 25.6. The first-order valence-electron chi connectivity index (χ1n) is 15.0. The molecule has 0 amide bonds. The molecule has 3 bridgehead atoms. The largest absolute Gasteiger partial charge is 0.508 e. The summed E-state index contributed by atoms with van der Waals surface area (Å²) in [6.45, 7) is 10.1. The Morgan fingerprint density at radius 2 is 1.88 bits per heavy atom. The van der Waals surface area contributed by atoms with E-state index in [1.807, 2.05) is 6.92 Å². The van der Waals surface area contributed by atoms with E-state index in [1.54, 1.807) is 25.3 Å². The fraction of sp³-hybridized carbons (Fsp3) is 0.688.